The molecule has 2 aromatic rings. The molecule has 0 saturated carbocycles. The summed E-state index contributed by atoms with van der Waals surface area (Å²) in [6, 6.07) is 10.7. The van der Waals surface area contributed by atoms with Crippen LogP contribution in [0.3, 0.4) is 0 Å². The predicted molar refractivity (Wildman–Crippen MR) is 81.8 cm³/mol. The fourth-order valence-corrected chi connectivity index (χ4v) is 1.92. The molecule has 0 heterocycles. The van der Waals surface area contributed by atoms with Crippen LogP contribution in [-0.4, -0.2) is 20.3 Å². The molecule has 2 N–H and O–H groups in total. The van der Waals surface area contributed by atoms with Gasteiger partial charge in [-0.05, 0) is 29.8 Å². The smallest absolute Gasteiger partial charge is 0.319 e. The maximum atomic E-state index is 13.0. The minimum Gasteiger partial charge on any atom is -0.493 e. The van der Waals surface area contributed by atoms with Crippen molar-refractivity contribution in [3.63, 3.8) is 0 Å². The standard InChI is InChI=1S/C16H17FN2O3/c1-21-14-7-6-13(9-15(14)22-2)19-16(20)18-10-11-4-3-5-12(17)8-11/h3-9H,10H2,1-2H3,(H2,18,19,20). The zero-order valence-electron chi connectivity index (χ0n) is 12.4. The van der Waals surface area contributed by atoms with Gasteiger partial charge in [0, 0.05) is 18.3 Å². The normalized spacial score (nSPS) is 9.95. The first-order valence-corrected chi connectivity index (χ1v) is 6.63. The molecule has 22 heavy (non-hydrogen) atoms. The van der Waals surface area contributed by atoms with Gasteiger partial charge >= 0.3 is 6.03 Å². The molecule has 0 aliphatic carbocycles. The van der Waals surface area contributed by atoms with Crippen LogP contribution in [0.15, 0.2) is 42.5 Å². The van der Waals surface area contributed by atoms with E-state index in [4.69, 9.17) is 9.47 Å². The van der Waals surface area contributed by atoms with Crippen molar-refractivity contribution in [2.24, 2.45) is 0 Å². The summed E-state index contributed by atoms with van der Waals surface area (Å²) in [5.41, 5.74) is 1.25. The van der Waals surface area contributed by atoms with Crippen molar-refractivity contribution in [1.29, 1.82) is 0 Å². The Labute approximate surface area is 128 Å². The van der Waals surface area contributed by atoms with E-state index in [0.29, 0.717) is 22.7 Å². The highest BCUT2D eigenvalue weighted by Gasteiger charge is 2.07. The van der Waals surface area contributed by atoms with Crippen molar-refractivity contribution in [2.75, 3.05) is 19.5 Å². The number of halogens is 1. The van der Waals surface area contributed by atoms with E-state index in [1.54, 1.807) is 30.3 Å². The number of methoxy groups -OCH3 is 2. The van der Waals surface area contributed by atoms with Crippen LogP contribution in [0.2, 0.25) is 0 Å². The van der Waals surface area contributed by atoms with Crippen LogP contribution in [0.4, 0.5) is 14.9 Å². The third kappa shape index (κ3) is 4.12. The molecule has 0 aromatic heterocycles. The number of amides is 2. The molecule has 6 heteroatoms. The summed E-state index contributed by atoms with van der Waals surface area (Å²) in [5, 5.41) is 5.33. The Morgan fingerprint density at radius 1 is 1.09 bits per heavy atom. The molecule has 0 unspecified atom stereocenters. The Kier molecular flexibility index (Phi) is 5.19. The molecular weight excluding hydrogens is 287 g/mol. The van der Waals surface area contributed by atoms with Gasteiger partial charge in [-0.1, -0.05) is 12.1 Å². The Morgan fingerprint density at radius 3 is 2.55 bits per heavy atom. The third-order valence-corrected chi connectivity index (χ3v) is 2.98. The zero-order valence-corrected chi connectivity index (χ0v) is 12.4. The molecule has 0 aliphatic heterocycles. The van der Waals surface area contributed by atoms with Gasteiger partial charge in [0.1, 0.15) is 5.82 Å². The monoisotopic (exact) mass is 304 g/mol. The summed E-state index contributed by atoms with van der Waals surface area (Å²) in [6.07, 6.45) is 0. The minimum absolute atomic E-state index is 0.233. The summed E-state index contributed by atoms with van der Waals surface area (Å²) in [7, 11) is 3.06. The fraction of sp³-hybridized carbons (Fsp3) is 0.188. The van der Waals surface area contributed by atoms with Crippen molar-refractivity contribution in [3.05, 3.63) is 53.8 Å². The summed E-state index contributed by atoms with van der Waals surface area (Å²) < 4.78 is 23.3. The van der Waals surface area contributed by atoms with E-state index in [1.165, 1.54) is 26.4 Å². The van der Waals surface area contributed by atoms with Crippen molar-refractivity contribution in [2.45, 2.75) is 6.54 Å². The van der Waals surface area contributed by atoms with Gasteiger partial charge in [-0.3, -0.25) is 0 Å². The molecule has 2 aromatic carbocycles. The van der Waals surface area contributed by atoms with Crippen LogP contribution in [0.5, 0.6) is 11.5 Å². The number of urea groups is 1. The van der Waals surface area contributed by atoms with Crippen LogP contribution in [0.1, 0.15) is 5.56 Å². The van der Waals surface area contributed by atoms with Crippen LogP contribution in [-0.2, 0) is 6.54 Å². The molecule has 0 spiro atoms. The lowest BCUT2D eigenvalue weighted by molar-refractivity contribution is 0.251. The van der Waals surface area contributed by atoms with E-state index in [1.807, 2.05) is 0 Å². The van der Waals surface area contributed by atoms with E-state index >= 15 is 0 Å². The number of hydrogen-bond acceptors (Lipinski definition) is 3. The largest absolute Gasteiger partial charge is 0.493 e. The Morgan fingerprint density at radius 2 is 1.86 bits per heavy atom. The van der Waals surface area contributed by atoms with Gasteiger partial charge in [0.15, 0.2) is 11.5 Å². The number of nitrogens with one attached hydrogen (secondary N) is 2. The topological polar surface area (TPSA) is 59.6 Å². The number of hydrogen-bond donors (Lipinski definition) is 2. The van der Waals surface area contributed by atoms with Crippen LogP contribution < -0.4 is 20.1 Å². The number of ether oxygens (including phenoxy) is 2. The molecule has 0 aliphatic rings. The molecule has 0 bridgehead atoms. The molecule has 116 valence electrons. The first kappa shape index (κ1) is 15.6. The van der Waals surface area contributed by atoms with Crippen LogP contribution in [0, 0.1) is 5.82 Å². The number of rotatable bonds is 5. The molecule has 2 rings (SSSR count). The average Bonchev–Trinajstić information content (AvgIpc) is 2.53. The number of anilines is 1. The summed E-state index contributed by atoms with van der Waals surface area (Å²) in [5.74, 6) is 0.762. The Bertz CT molecular complexity index is 662. The third-order valence-electron chi connectivity index (χ3n) is 2.98. The van der Waals surface area contributed by atoms with Crippen molar-refractivity contribution in [3.8, 4) is 11.5 Å². The van der Waals surface area contributed by atoms with E-state index in [-0.39, 0.29) is 12.4 Å². The van der Waals surface area contributed by atoms with E-state index in [2.05, 4.69) is 10.6 Å². The highest BCUT2D eigenvalue weighted by molar-refractivity contribution is 5.89. The van der Waals surface area contributed by atoms with Gasteiger partial charge in [-0.2, -0.15) is 0 Å². The van der Waals surface area contributed by atoms with Crippen LogP contribution >= 0.6 is 0 Å². The molecule has 2 amide bonds. The van der Waals surface area contributed by atoms with Gasteiger partial charge in [0.05, 0.1) is 14.2 Å². The molecule has 0 saturated heterocycles. The zero-order chi connectivity index (χ0) is 15.9. The molecule has 0 fully saturated rings. The second-order valence-corrected chi connectivity index (χ2v) is 4.51. The lowest BCUT2D eigenvalue weighted by Crippen LogP contribution is -2.28. The summed E-state index contributed by atoms with van der Waals surface area (Å²) in [6.45, 7) is 0.233. The maximum absolute atomic E-state index is 13.0. The van der Waals surface area contributed by atoms with Crippen molar-refractivity contribution < 1.29 is 18.7 Å². The fourth-order valence-electron chi connectivity index (χ4n) is 1.92. The molecular formula is C16H17FN2O3. The molecule has 5 nitrogen and oxygen atoms in total. The SMILES string of the molecule is COc1ccc(NC(=O)NCc2cccc(F)c2)cc1OC. The van der Waals surface area contributed by atoms with E-state index in [9.17, 15) is 9.18 Å². The van der Waals surface area contributed by atoms with E-state index < -0.39 is 6.03 Å². The Hall–Kier alpha value is -2.76. The maximum Gasteiger partial charge on any atom is 0.319 e. The highest BCUT2D eigenvalue weighted by atomic mass is 19.1. The van der Waals surface area contributed by atoms with Crippen LogP contribution in [0.25, 0.3) is 0 Å². The van der Waals surface area contributed by atoms with Crippen molar-refractivity contribution >= 4 is 11.7 Å². The second-order valence-electron chi connectivity index (χ2n) is 4.51. The van der Waals surface area contributed by atoms with Gasteiger partial charge in [0.2, 0.25) is 0 Å². The van der Waals surface area contributed by atoms with Gasteiger partial charge in [-0.15, -0.1) is 0 Å². The highest BCUT2D eigenvalue weighted by Crippen LogP contribution is 2.29. The van der Waals surface area contributed by atoms with Gasteiger partial charge < -0.3 is 20.1 Å². The first-order chi connectivity index (χ1) is 10.6. The van der Waals surface area contributed by atoms with Gasteiger partial charge in [-0.25, -0.2) is 9.18 Å². The lowest BCUT2D eigenvalue weighted by Gasteiger charge is -2.11. The van der Waals surface area contributed by atoms with Gasteiger partial charge in [0.25, 0.3) is 0 Å². The number of carbonyl (C=O) groups is 1. The number of benzene rings is 2. The first-order valence-electron chi connectivity index (χ1n) is 6.63. The van der Waals surface area contributed by atoms with Crippen molar-refractivity contribution in [1.82, 2.24) is 5.32 Å². The summed E-state index contributed by atoms with van der Waals surface area (Å²) >= 11 is 0. The average molecular weight is 304 g/mol. The Balaban J connectivity index is 1.94. The quantitative estimate of drug-likeness (QED) is 0.892. The minimum atomic E-state index is -0.392. The molecule has 0 radical (unpaired) electrons. The van der Waals surface area contributed by atoms with E-state index in [0.717, 1.165) is 0 Å². The number of carbonyl (C=O) groups excluding carboxylic acids is 1. The molecule has 0 atom stereocenters. The summed E-state index contributed by atoms with van der Waals surface area (Å²) in [4.78, 5) is 11.8. The second kappa shape index (κ2) is 7.31. The predicted octanol–water partition coefficient (Wildman–Crippen LogP) is 3.16. The lowest BCUT2D eigenvalue weighted by atomic mass is 10.2.